The smallest absolute Gasteiger partial charge is 0.254 e. The van der Waals surface area contributed by atoms with Crippen LogP contribution in [0.25, 0.3) is 0 Å². The van der Waals surface area contributed by atoms with Gasteiger partial charge in [-0.1, -0.05) is 34.3 Å². The van der Waals surface area contributed by atoms with Crippen LogP contribution in [-0.4, -0.2) is 193 Å². The summed E-state index contributed by atoms with van der Waals surface area (Å²) in [7, 11) is 0. The van der Waals surface area contributed by atoms with E-state index in [1.165, 1.54) is 0 Å². The number of carbonyl (C=O) groups excluding carboxylic acids is 5. The van der Waals surface area contributed by atoms with Crippen molar-refractivity contribution in [3.05, 3.63) is 75.2 Å². The monoisotopic (exact) mass is 1700 g/mol. The second-order valence-corrected chi connectivity index (χ2v) is 22.8. The van der Waals surface area contributed by atoms with Gasteiger partial charge in [-0.3, -0.25) is 38.9 Å². The normalized spacial score (nSPS) is 51.3. The van der Waals surface area contributed by atoms with Gasteiger partial charge in [0.25, 0.3) is 29.5 Å². The van der Waals surface area contributed by atoms with E-state index in [-0.39, 0.29) is 0 Å². The molecule has 640 valence electrons. The second kappa shape index (κ2) is 40.9. The summed E-state index contributed by atoms with van der Waals surface area (Å²) in [5, 5.41) is 66.1. The second-order valence-electron chi connectivity index (χ2n) is 22.8. The molecule has 5 saturated carbocycles. The Morgan fingerprint density at radius 2 is 0.861 bits per heavy atom. The Labute approximate surface area is 808 Å². The molecule has 10 rings (SSSR count). The molecular formula is C80H135N25O10. The lowest BCUT2D eigenvalue weighted by Gasteiger charge is -2.32. The van der Waals surface area contributed by atoms with Crippen LogP contribution in [-0.2, 0) is 0 Å². The summed E-state index contributed by atoms with van der Waals surface area (Å²) in [6, 6.07) is -14.3. The third-order valence-corrected chi connectivity index (χ3v) is 13.0. The number of aromatic nitrogens is 10. The van der Waals surface area contributed by atoms with Crippen molar-refractivity contribution in [2.24, 2.45) is 73.2 Å². The fraction of sp³-hybridized carbons (Fsp3) is 0.688. The average Bonchev–Trinajstić information content (AvgIpc) is 0.647. The van der Waals surface area contributed by atoms with Crippen molar-refractivity contribution < 1.29 is 178 Å². The molecule has 0 aliphatic heterocycles. The van der Waals surface area contributed by atoms with Crippen LogP contribution >= 0.6 is 0 Å². The molecule has 18 unspecified atom stereocenters. The van der Waals surface area contributed by atoms with Gasteiger partial charge in [-0.15, -0.1) is 0 Å². The Kier molecular flexibility index (Phi) is 9.81. The van der Waals surface area contributed by atoms with Gasteiger partial charge in [-0.25, -0.2) is 24.9 Å². The van der Waals surface area contributed by atoms with Crippen LogP contribution in [0.1, 0.15) is 413 Å². The summed E-state index contributed by atoms with van der Waals surface area (Å²) in [6.45, 7) is -74.9. The summed E-state index contributed by atoms with van der Waals surface area (Å²) in [6.07, 6.45) is -66.6. The fourth-order valence-corrected chi connectivity index (χ4v) is 8.25. The molecule has 5 aliphatic rings. The van der Waals surface area contributed by atoms with E-state index in [1.807, 2.05) is 10.3 Å². The molecule has 0 radical (unpaired) electrons. The van der Waals surface area contributed by atoms with E-state index in [4.69, 9.17) is 158 Å². The van der Waals surface area contributed by atoms with E-state index in [0.29, 0.717) is 12.4 Å². The molecule has 35 nitrogen and oxygen atoms in total. The number of aliphatic hydroxyl groups is 5. The number of nitrogens with zero attached hydrogens (tertiary/aromatic N) is 10. The highest BCUT2D eigenvalue weighted by atomic mass is 16.3. The summed E-state index contributed by atoms with van der Waals surface area (Å²) in [5.41, 5.74) is -0.328. The van der Waals surface area contributed by atoms with Gasteiger partial charge >= 0.3 is 0 Å². The highest BCUT2D eigenvalue weighted by Gasteiger charge is 2.33. The van der Waals surface area contributed by atoms with Crippen LogP contribution in [0.2, 0.25) is 0 Å². The van der Waals surface area contributed by atoms with Crippen molar-refractivity contribution in [2.45, 2.75) is 321 Å². The first-order valence-corrected chi connectivity index (χ1v) is 31.0. The number of hydrogen-bond donors (Lipinski definition) is 20. The maximum atomic E-state index is 12.3. The maximum Gasteiger partial charge on any atom is 0.254 e. The number of anilines is 7. The number of aliphatic hydroxyl groups excluding tert-OH is 1. The molecule has 5 fully saturated rings. The van der Waals surface area contributed by atoms with Crippen molar-refractivity contribution in [1.82, 2.24) is 49.8 Å². The van der Waals surface area contributed by atoms with Crippen molar-refractivity contribution in [1.29, 1.82) is 0 Å². The zero-order chi connectivity index (χ0) is 167. The Morgan fingerprint density at radius 3 is 1.30 bits per heavy atom. The van der Waals surface area contributed by atoms with Crippen LogP contribution in [0.5, 0.6) is 0 Å². The van der Waals surface area contributed by atoms with Gasteiger partial charge in [0.1, 0.15) is 28.1 Å². The summed E-state index contributed by atoms with van der Waals surface area (Å²) < 4.78 is 741. The quantitative estimate of drug-likeness (QED) is 0.0445. The van der Waals surface area contributed by atoms with Crippen LogP contribution in [0, 0.1) is 29.5 Å². The SMILES string of the molecule is [2H]C([2H])([2H])C1([2H])C([2H])([2H])C([2H])([2H])C([2H])(Nc2nc(NC(C([2H])([2H])[2H])(C([2H])([2H])[2H])C([2H])([2H])[2H])ncc2C(N)=O)C([2H])([2H])C1([2H])O.[2H]C([2H])([2H])C1C([2H])([2H])CC(Nc2nc(NC(C([2H])([2H])[2H])(C([2H])([2H])[2H])C([2H])([2H])[2H])ncc2C(N)=O)C([2H])([2H])C1([2H])O.[2H]c1nc(NC(C([2H])([2H])[2H])(C([2H])([2H])[2H])C([2H])([2H])[2H])[nH]c(=NC2([2H])C([2H])([2H])C([2H])([2H])C([2H])(C([2H])([2H])[2H])C([2H])(O)C2([2H])[2H])c1C(N)=O.[2H]c1nc(NC(C([2H])([2H])[2H])(C([2H])([2H])[2H])C([2H])([2H])[2H])[nH]c(=NC2C([2H])C([2H])C(C([2H])([2H])[2H])C(O)C2[2H])c1C(N)=O.[2H]c1nc(NC(C([2H])([2H])[2H])(C([2H])([2H])[2H])C([2H])([2H])[2H])[nH]c(=NC2CC([2H])([2H])C(C([2H])([2H])[2H])C([2H])(O)C2([2H])[2H])c1C(N)=O. The van der Waals surface area contributed by atoms with Crippen LogP contribution < -0.4 is 82.3 Å². The van der Waals surface area contributed by atoms with E-state index < -0.39 is 484 Å². The van der Waals surface area contributed by atoms with E-state index >= 15 is 0 Å². The average molecular weight is 1700 g/mol. The highest BCUT2D eigenvalue weighted by Crippen LogP contribution is 2.32. The number of H-pyrrole nitrogens is 3. The number of aromatic amines is 3. The molecule has 0 aromatic carbocycles. The standard InChI is InChI=1S/5C16H27N5O2/c5*1-9-5-6-10(7-12(9)22)19-14-11(13(17)23)8-18-15(20-14)21-16(2,3)4/h5*8-10,12,22H,5-7H2,1-4H3,(H2,17,23)(H2,18,19,20,21)/i1D3,2D3,3D3,4D3,5D2,6D2,7D2,8D,9D,10D,12D;1D3,2D3,3D3,4D3,5D2,6D2,7D2,9D,10D,12D;1D3,2D3,3D3,4D3,5D2,7D2,8D,12D;1D3,2D3,3D3,4D3,5D,6D,7D,8D;1D3,2D3,3D3,4D3,5D2,7D2,12D. The minimum atomic E-state index is -4.55. The van der Waals surface area contributed by atoms with Crippen LogP contribution in [0.15, 0.2) is 45.9 Å². The molecule has 5 amide bonds. The molecule has 35 heteroatoms. The molecule has 5 heterocycles. The Hall–Kier alpha value is -9.45. The molecule has 115 heavy (non-hydrogen) atoms. The lowest BCUT2D eigenvalue weighted by molar-refractivity contribution is 0.0702. The molecule has 0 spiro atoms. The third kappa shape index (κ3) is 31.9. The highest BCUT2D eigenvalue weighted by molar-refractivity contribution is 5.98. The van der Waals surface area contributed by atoms with Crippen LogP contribution in [0.4, 0.5) is 41.4 Å². The molecule has 18 atom stereocenters. The maximum absolute atomic E-state index is 12.3. The van der Waals surface area contributed by atoms with E-state index in [0.717, 1.165) is 0 Å². The molecule has 5 aliphatic carbocycles. The molecule has 5 aromatic rings. The van der Waals surface area contributed by atoms with Crippen LogP contribution in [0.3, 0.4) is 0 Å². The van der Waals surface area contributed by atoms with Crippen molar-refractivity contribution in [2.75, 3.05) is 37.2 Å². The Bertz CT molecular complexity index is 8180. The molecule has 5 aromatic heterocycles. The topological polar surface area (TPSA) is 575 Å². The Morgan fingerprint density at radius 1 is 0.452 bits per heavy atom. The third-order valence-electron chi connectivity index (χ3n) is 13.0. The zero-order valence-electron chi connectivity index (χ0n) is 152. The number of carbonyl (C=O) groups is 5. The predicted octanol–water partition coefficient (Wildman–Crippen LogP) is 7.00. The molecule has 25 N–H and O–H groups in total. The van der Waals surface area contributed by atoms with Gasteiger partial charge in [0.05, 0.1) is 88.7 Å². The van der Waals surface area contributed by atoms with Gasteiger partial charge in [0, 0.05) is 187 Å². The first-order valence-electron chi connectivity index (χ1n) is 78.2. The number of nitrogens with one attached hydrogen (secondary N) is 10. The minimum absolute atomic E-state index is 0.388. The zero-order valence-corrected chi connectivity index (χ0v) is 58.0. The number of rotatable bonds is 17. The Balaban J connectivity index is 0.000000392. The van der Waals surface area contributed by atoms with Crippen molar-refractivity contribution in [3.8, 4) is 0 Å². The summed E-state index contributed by atoms with van der Waals surface area (Å²) in [4.78, 5) is 102. The van der Waals surface area contributed by atoms with E-state index in [9.17, 15) is 49.5 Å². The molecule has 0 bridgehead atoms. The first kappa shape index (κ1) is 27.6. The van der Waals surface area contributed by atoms with Gasteiger partial charge in [0.15, 0.2) is 0 Å². The van der Waals surface area contributed by atoms with Crippen molar-refractivity contribution in [3.63, 3.8) is 0 Å². The summed E-state index contributed by atoms with van der Waals surface area (Å²) in [5.74, 6) is -30.5. The molecule has 0 saturated heterocycles. The number of amides is 5. The predicted molar refractivity (Wildman–Crippen MR) is 447 cm³/mol. The minimum Gasteiger partial charge on any atom is -0.393 e. The van der Waals surface area contributed by atoms with Crippen molar-refractivity contribution >= 4 is 70.9 Å². The number of primary amides is 5. The fourth-order valence-electron chi connectivity index (χ4n) is 8.25. The van der Waals surface area contributed by atoms with Gasteiger partial charge in [-0.05, 0) is 228 Å². The van der Waals surface area contributed by atoms with Gasteiger partial charge in [-0.2, -0.15) is 9.97 Å². The first-order chi connectivity index (χ1) is 91.0. The lowest BCUT2D eigenvalue weighted by atomic mass is 9.85. The van der Waals surface area contributed by atoms with Gasteiger partial charge in [0.2, 0.25) is 29.7 Å². The largest absolute Gasteiger partial charge is 0.393 e. The van der Waals surface area contributed by atoms with E-state index in [2.05, 4.69) is 65.1 Å². The van der Waals surface area contributed by atoms with E-state index in [1.54, 1.807) is 26.6 Å². The summed E-state index contributed by atoms with van der Waals surface area (Å²) >= 11 is 0. The lowest BCUT2D eigenvalue weighted by Crippen LogP contribution is -2.36. The number of hydrogen-bond acceptors (Lipinski definition) is 27. The number of nitrogens with two attached hydrogens (primary N) is 5. The molecular weight excluding hydrogens is 1470 g/mol. The van der Waals surface area contributed by atoms with Gasteiger partial charge < -0.3 is 106 Å².